The lowest BCUT2D eigenvalue weighted by molar-refractivity contribution is 0.140. The lowest BCUT2D eigenvalue weighted by Crippen LogP contribution is -2.51. The highest BCUT2D eigenvalue weighted by Gasteiger charge is 2.28. The van der Waals surface area contributed by atoms with Gasteiger partial charge in [-0.25, -0.2) is 4.98 Å². The van der Waals surface area contributed by atoms with Gasteiger partial charge in [-0.15, -0.1) is 0 Å². The van der Waals surface area contributed by atoms with Crippen molar-refractivity contribution in [2.75, 3.05) is 36.5 Å². The smallest absolute Gasteiger partial charge is 0.227 e. The van der Waals surface area contributed by atoms with Crippen LogP contribution in [0.4, 0.5) is 11.8 Å². The second-order valence-corrected chi connectivity index (χ2v) is 6.27. The Labute approximate surface area is 140 Å². The summed E-state index contributed by atoms with van der Waals surface area (Å²) < 4.78 is 5.49. The molecule has 4 rings (SSSR count). The Morgan fingerprint density at radius 2 is 2.21 bits per heavy atom. The van der Waals surface area contributed by atoms with Gasteiger partial charge in [-0.2, -0.15) is 4.98 Å². The van der Waals surface area contributed by atoms with Crippen LogP contribution in [0.5, 0.6) is 0 Å². The molecule has 2 N–H and O–H groups in total. The number of aliphatic hydroxyl groups is 1. The monoisotopic (exact) mass is 327 g/mol. The third-order valence-electron chi connectivity index (χ3n) is 4.40. The highest BCUT2D eigenvalue weighted by molar-refractivity contribution is 5.46. The Morgan fingerprint density at radius 3 is 2.92 bits per heavy atom. The number of ether oxygens (including phenoxy) is 1. The van der Waals surface area contributed by atoms with Crippen molar-refractivity contribution in [1.29, 1.82) is 0 Å². The van der Waals surface area contributed by atoms with Gasteiger partial charge in [0.2, 0.25) is 5.95 Å². The van der Waals surface area contributed by atoms with Gasteiger partial charge in [-0.1, -0.05) is 6.07 Å². The molecule has 0 aromatic carbocycles. The molecule has 0 aliphatic carbocycles. The number of β-amino-alcohol motifs (C(OH)–C–C–N with tert-alkyl or cyclic N) is 1. The molecule has 4 heterocycles. The van der Waals surface area contributed by atoms with E-state index in [1.54, 1.807) is 6.20 Å². The van der Waals surface area contributed by atoms with E-state index in [0.29, 0.717) is 38.1 Å². The summed E-state index contributed by atoms with van der Waals surface area (Å²) in [4.78, 5) is 15.6. The highest BCUT2D eigenvalue weighted by Crippen LogP contribution is 2.28. The first kappa shape index (κ1) is 15.3. The number of pyridine rings is 1. The molecule has 1 unspecified atom stereocenters. The third kappa shape index (κ3) is 3.32. The summed E-state index contributed by atoms with van der Waals surface area (Å²) in [6.07, 6.45) is 2.49. The predicted octanol–water partition coefficient (Wildman–Crippen LogP) is 1.17. The van der Waals surface area contributed by atoms with Crippen LogP contribution in [0.1, 0.15) is 23.7 Å². The van der Waals surface area contributed by atoms with E-state index in [1.165, 1.54) is 0 Å². The van der Waals surface area contributed by atoms with Gasteiger partial charge < -0.3 is 20.1 Å². The number of nitrogens with zero attached hydrogens (tertiary/aromatic N) is 4. The number of aromatic nitrogens is 3. The fourth-order valence-electron chi connectivity index (χ4n) is 2.96. The summed E-state index contributed by atoms with van der Waals surface area (Å²) in [5, 5.41) is 12.9. The van der Waals surface area contributed by atoms with Crippen molar-refractivity contribution in [3.8, 4) is 0 Å². The molecular formula is C17H21N5O2. The molecule has 7 heteroatoms. The quantitative estimate of drug-likeness (QED) is 0.853. The average Bonchev–Trinajstić information content (AvgIpc) is 3.12. The van der Waals surface area contributed by atoms with Gasteiger partial charge >= 0.3 is 0 Å². The molecule has 2 aliphatic rings. The average molecular weight is 327 g/mol. The van der Waals surface area contributed by atoms with Crippen LogP contribution in [-0.2, 0) is 11.3 Å². The maximum atomic E-state index is 9.54. The van der Waals surface area contributed by atoms with Gasteiger partial charge in [-0.3, -0.25) is 4.98 Å². The Balaban J connectivity index is 1.55. The minimum atomic E-state index is -0.281. The first-order valence-electron chi connectivity index (χ1n) is 8.31. The summed E-state index contributed by atoms with van der Waals surface area (Å²) in [6.45, 7) is 3.27. The SMILES string of the molecule is OC1CN(c2nc(NCc3ccccn3)cc(C3CCOC3)n2)C1. The summed E-state index contributed by atoms with van der Waals surface area (Å²) in [7, 11) is 0. The van der Waals surface area contributed by atoms with Crippen LogP contribution in [0, 0.1) is 0 Å². The fraction of sp³-hybridized carbons (Fsp3) is 0.471. The molecule has 2 aromatic rings. The molecule has 2 aromatic heterocycles. The minimum absolute atomic E-state index is 0.281. The van der Waals surface area contributed by atoms with E-state index in [2.05, 4.69) is 15.3 Å². The molecule has 2 fully saturated rings. The van der Waals surface area contributed by atoms with E-state index in [-0.39, 0.29) is 6.10 Å². The number of hydrogen-bond acceptors (Lipinski definition) is 7. The second-order valence-electron chi connectivity index (χ2n) is 6.27. The van der Waals surface area contributed by atoms with Gasteiger partial charge in [-0.05, 0) is 18.6 Å². The van der Waals surface area contributed by atoms with Crippen LogP contribution in [0.2, 0.25) is 0 Å². The Morgan fingerprint density at radius 1 is 1.29 bits per heavy atom. The van der Waals surface area contributed by atoms with E-state index in [9.17, 15) is 5.11 Å². The van der Waals surface area contributed by atoms with Crippen LogP contribution < -0.4 is 10.2 Å². The van der Waals surface area contributed by atoms with E-state index in [4.69, 9.17) is 9.72 Å². The van der Waals surface area contributed by atoms with Crippen molar-refractivity contribution in [2.24, 2.45) is 0 Å². The third-order valence-corrected chi connectivity index (χ3v) is 4.40. The molecule has 2 aliphatic heterocycles. The summed E-state index contributed by atoms with van der Waals surface area (Å²) >= 11 is 0. The molecule has 1 atom stereocenters. The highest BCUT2D eigenvalue weighted by atomic mass is 16.5. The Kier molecular flexibility index (Phi) is 4.27. The molecule has 7 nitrogen and oxygen atoms in total. The molecule has 0 spiro atoms. The minimum Gasteiger partial charge on any atom is -0.389 e. The predicted molar refractivity (Wildman–Crippen MR) is 90.0 cm³/mol. The first-order valence-corrected chi connectivity index (χ1v) is 8.31. The van der Waals surface area contributed by atoms with Gasteiger partial charge in [0.1, 0.15) is 5.82 Å². The van der Waals surface area contributed by atoms with E-state index >= 15 is 0 Å². The fourth-order valence-corrected chi connectivity index (χ4v) is 2.96. The molecule has 0 amide bonds. The molecule has 2 saturated heterocycles. The number of anilines is 2. The van der Waals surface area contributed by atoms with Crippen molar-refractivity contribution < 1.29 is 9.84 Å². The lowest BCUT2D eigenvalue weighted by atomic mass is 10.0. The van der Waals surface area contributed by atoms with Crippen molar-refractivity contribution in [3.05, 3.63) is 41.9 Å². The molecule has 24 heavy (non-hydrogen) atoms. The van der Waals surface area contributed by atoms with E-state index in [0.717, 1.165) is 30.2 Å². The summed E-state index contributed by atoms with van der Waals surface area (Å²) in [6, 6.07) is 7.85. The summed E-state index contributed by atoms with van der Waals surface area (Å²) in [5.41, 5.74) is 1.96. The van der Waals surface area contributed by atoms with Crippen molar-refractivity contribution in [2.45, 2.75) is 25.0 Å². The number of aliphatic hydroxyl groups excluding tert-OH is 1. The Hall–Kier alpha value is -2.25. The van der Waals surface area contributed by atoms with E-state index in [1.807, 2.05) is 29.2 Å². The van der Waals surface area contributed by atoms with Gasteiger partial charge in [0.05, 0.1) is 30.6 Å². The largest absolute Gasteiger partial charge is 0.389 e. The second kappa shape index (κ2) is 6.70. The number of hydrogen-bond donors (Lipinski definition) is 2. The molecular weight excluding hydrogens is 306 g/mol. The van der Waals surface area contributed by atoms with E-state index < -0.39 is 0 Å². The zero-order chi connectivity index (χ0) is 16.4. The maximum absolute atomic E-state index is 9.54. The normalized spacial score (nSPS) is 20.9. The molecule has 0 saturated carbocycles. The van der Waals surface area contributed by atoms with Crippen molar-refractivity contribution in [1.82, 2.24) is 15.0 Å². The van der Waals surface area contributed by atoms with Crippen LogP contribution in [0.3, 0.4) is 0 Å². The van der Waals surface area contributed by atoms with Gasteiger partial charge in [0, 0.05) is 37.9 Å². The lowest BCUT2D eigenvalue weighted by Gasteiger charge is -2.36. The number of rotatable bonds is 5. The maximum Gasteiger partial charge on any atom is 0.227 e. The number of nitrogens with one attached hydrogen (secondary N) is 1. The molecule has 0 bridgehead atoms. The zero-order valence-corrected chi connectivity index (χ0v) is 13.4. The van der Waals surface area contributed by atoms with Crippen LogP contribution in [0.25, 0.3) is 0 Å². The zero-order valence-electron chi connectivity index (χ0n) is 13.4. The summed E-state index contributed by atoms with van der Waals surface area (Å²) in [5.74, 6) is 1.77. The first-order chi connectivity index (χ1) is 11.8. The van der Waals surface area contributed by atoms with Gasteiger partial charge in [0.25, 0.3) is 0 Å². The standard InChI is InChI=1S/C17H21N5O2/c23-14-9-22(10-14)17-20-15(12-4-6-24-11-12)7-16(21-17)19-8-13-3-1-2-5-18-13/h1-3,5,7,12,14,23H,4,6,8-11H2,(H,19,20,21). The molecule has 0 radical (unpaired) electrons. The van der Waals surface area contributed by atoms with Crippen LogP contribution in [-0.4, -0.2) is 52.5 Å². The topological polar surface area (TPSA) is 83.4 Å². The van der Waals surface area contributed by atoms with Crippen molar-refractivity contribution in [3.63, 3.8) is 0 Å². The van der Waals surface area contributed by atoms with Crippen LogP contribution >= 0.6 is 0 Å². The van der Waals surface area contributed by atoms with Crippen LogP contribution in [0.15, 0.2) is 30.5 Å². The Bertz CT molecular complexity index is 685. The molecule has 126 valence electrons. The van der Waals surface area contributed by atoms with Gasteiger partial charge in [0.15, 0.2) is 0 Å². The van der Waals surface area contributed by atoms with Crippen molar-refractivity contribution >= 4 is 11.8 Å².